The van der Waals surface area contributed by atoms with Gasteiger partial charge in [0.05, 0.1) is 23.6 Å². The van der Waals surface area contributed by atoms with Gasteiger partial charge < -0.3 is 10.2 Å². The molecule has 0 amide bonds. The molecule has 3 nitrogen and oxygen atoms in total. The Balaban J connectivity index is 3.06. The Hall–Kier alpha value is -1.15. The first kappa shape index (κ1) is 12.9. The summed E-state index contributed by atoms with van der Waals surface area (Å²) < 4.78 is 13.1. The van der Waals surface area contributed by atoms with E-state index in [9.17, 15) is 14.6 Å². The summed E-state index contributed by atoms with van der Waals surface area (Å²) in [6.07, 6.45) is -2.73. The normalized spacial score (nSPS) is 14.2. The average Bonchev–Trinajstić information content (AvgIpc) is 2.26. The molecule has 0 saturated carbocycles. The zero-order valence-corrected chi connectivity index (χ0v) is 9.37. The van der Waals surface area contributed by atoms with Crippen molar-refractivity contribution in [2.24, 2.45) is 0 Å². The molecule has 0 heterocycles. The number of halogens is 2. The summed E-state index contributed by atoms with van der Waals surface area (Å²) in [6.45, 7) is 1.48. The molecule has 16 heavy (non-hydrogen) atoms. The van der Waals surface area contributed by atoms with E-state index in [1.807, 2.05) is 0 Å². The van der Waals surface area contributed by atoms with Crippen LogP contribution in [0.1, 0.15) is 23.7 Å². The van der Waals surface area contributed by atoms with Crippen molar-refractivity contribution < 1.29 is 14.6 Å². The molecule has 0 radical (unpaired) electrons. The molecule has 0 aliphatic rings. The Bertz CT molecular complexity index is 431. The lowest BCUT2D eigenvalue weighted by atomic mass is 10.0. The molecule has 1 aromatic rings. The van der Waals surface area contributed by atoms with E-state index in [4.69, 9.17) is 16.9 Å². The first-order valence-electron chi connectivity index (χ1n) is 4.66. The first-order valence-corrected chi connectivity index (χ1v) is 5.04. The molecule has 2 N–H and O–H groups in total. The van der Waals surface area contributed by atoms with Crippen LogP contribution < -0.4 is 0 Å². The Morgan fingerprint density at radius 2 is 2.12 bits per heavy atom. The molecule has 1 aromatic carbocycles. The van der Waals surface area contributed by atoms with Gasteiger partial charge in [-0.25, -0.2) is 4.39 Å². The third-order valence-electron chi connectivity index (χ3n) is 2.33. The van der Waals surface area contributed by atoms with E-state index in [1.165, 1.54) is 19.1 Å². The third kappa shape index (κ3) is 2.50. The van der Waals surface area contributed by atoms with Crippen LogP contribution in [0.2, 0.25) is 5.02 Å². The predicted molar refractivity (Wildman–Crippen MR) is 57.3 cm³/mol. The Morgan fingerprint density at radius 1 is 1.50 bits per heavy atom. The van der Waals surface area contributed by atoms with Crippen molar-refractivity contribution in [1.82, 2.24) is 0 Å². The quantitative estimate of drug-likeness (QED) is 0.855. The minimum atomic E-state index is -1.29. The fourth-order valence-electron chi connectivity index (χ4n) is 1.32. The molecule has 5 heteroatoms. The van der Waals surface area contributed by atoms with Gasteiger partial charge in [0.25, 0.3) is 0 Å². The fourth-order valence-corrected chi connectivity index (χ4v) is 1.59. The predicted octanol–water partition coefficient (Wildman–Crippen LogP) is 2.10. The maximum absolute atomic E-state index is 13.1. The highest BCUT2D eigenvalue weighted by Gasteiger charge is 2.22. The second kappa shape index (κ2) is 5.26. The van der Waals surface area contributed by atoms with Gasteiger partial charge in [0.15, 0.2) is 0 Å². The Kier molecular flexibility index (Phi) is 4.25. The molecule has 0 spiro atoms. The van der Waals surface area contributed by atoms with Gasteiger partial charge in [-0.1, -0.05) is 17.7 Å². The van der Waals surface area contributed by atoms with Crippen molar-refractivity contribution >= 4 is 11.6 Å². The molecular formula is C11H11ClFNO2. The number of rotatable bonds is 3. The lowest BCUT2D eigenvalue weighted by Gasteiger charge is -2.18. The van der Waals surface area contributed by atoms with Crippen molar-refractivity contribution in [1.29, 1.82) is 5.26 Å². The standard InChI is InChI=1S/C11H11ClFNO2/c1-6-8(13)3-2-7(10(6)12)11(16)9(15)4-5-14/h2-3,9,11,15-16H,4H2,1H3. The molecule has 0 bridgehead atoms. The number of aliphatic hydroxyl groups is 2. The van der Waals surface area contributed by atoms with Crippen molar-refractivity contribution in [2.75, 3.05) is 0 Å². The van der Waals surface area contributed by atoms with E-state index < -0.39 is 18.0 Å². The lowest BCUT2D eigenvalue weighted by molar-refractivity contribution is 0.0216. The zero-order valence-electron chi connectivity index (χ0n) is 8.61. The van der Waals surface area contributed by atoms with Crippen LogP contribution in [0, 0.1) is 24.1 Å². The maximum Gasteiger partial charge on any atom is 0.127 e. The van der Waals surface area contributed by atoms with Gasteiger partial charge in [-0.15, -0.1) is 0 Å². The van der Waals surface area contributed by atoms with Crippen molar-refractivity contribution in [3.63, 3.8) is 0 Å². The van der Waals surface area contributed by atoms with Crippen LogP contribution in [0.5, 0.6) is 0 Å². The fraction of sp³-hybridized carbons (Fsp3) is 0.364. The molecule has 0 aromatic heterocycles. The SMILES string of the molecule is Cc1c(F)ccc(C(O)C(O)CC#N)c1Cl. The van der Waals surface area contributed by atoms with E-state index in [1.54, 1.807) is 6.07 Å². The van der Waals surface area contributed by atoms with Crippen molar-refractivity contribution in [3.8, 4) is 6.07 Å². The number of aliphatic hydroxyl groups excluding tert-OH is 2. The maximum atomic E-state index is 13.1. The van der Waals surface area contributed by atoms with Gasteiger partial charge >= 0.3 is 0 Å². The number of hydrogen-bond acceptors (Lipinski definition) is 3. The van der Waals surface area contributed by atoms with Crippen LogP contribution in [-0.4, -0.2) is 16.3 Å². The second-order valence-corrected chi connectivity index (χ2v) is 3.83. The smallest absolute Gasteiger partial charge is 0.127 e. The molecule has 1 rings (SSSR count). The monoisotopic (exact) mass is 243 g/mol. The van der Waals surface area contributed by atoms with Crippen LogP contribution in [-0.2, 0) is 0 Å². The van der Waals surface area contributed by atoms with Gasteiger partial charge in [0, 0.05) is 11.1 Å². The molecule has 0 saturated heterocycles. The molecule has 0 fully saturated rings. The first-order chi connectivity index (χ1) is 7.49. The summed E-state index contributed by atoms with van der Waals surface area (Å²) in [5, 5.41) is 27.6. The van der Waals surface area contributed by atoms with E-state index >= 15 is 0 Å². The van der Waals surface area contributed by atoms with E-state index in [2.05, 4.69) is 0 Å². The highest BCUT2D eigenvalue weighted by Crippen LogP contribution is 2.30. The van der Waals surface area contributed by atoms with E-state index in [0.717, 1.165) is 0 Å². The molecule has 0 aliphatic heterocycles. The van der Waals surface area contributed by atoms with Crippen molar-refractivity contribution in [2.45, 2.75) is 25.6 Å². The highest BCUT2D eigenvalue weighted by atomic mass is 35.5. The van der Waals surface area contributed by atoms with Gasteiger partial charge in [-0.3, -0.25) is 0 Å². The molecule has 0 aliphatic carbocycles. The Labute approximate surface area is 97.7 Å². The largest absolute Gasteiger partial charge is 0.389 e. The molecule has 2 atom stereocenters. The van der Waals surface area contributed by atoms with E-state index in [0.29, 0.717) is 0 Å². The van der Waals surface area contributed by atoms with Gasteiger partial charge in [-0.2, -0.15) is 5.26 Å². The van der Waals surface area contributed by atoms with Gasteiger partial charge in [-0.05, 0) is 13.0 Å². The summed E-state index contributed by atoms with van der Waals surface area (Å²) >= 11 is 5.84. The number of nitriles is 1. The summed E-state index contributed by atoms with van der Waals surface area (Å²) in [6, 6.07) is 4.20. The molecule has 86 valence electrons. The summed E-state index contributed by atoms with van der Waals surface area (Å²) in [5.41, 5.74) is 0.436. The van der Waals surface area contributed by atoms with Crippen LogP contribution in [0.4, 0.5) is 4.39 Å². The topological polar surface area (TPSA) is 64.2 Å². The van der Waals surface area contributed by atoms with Gasteiger partial charge in [0.2, 0.25) is 0 Å². The molecular weight excluding hydrogens is 233 g/mol. The zero-order chi connectivity index (χ0) is 12.3. The van der Waals surface area contributed by atoms with Gasteiger partial charge in [0.1, 0.15) is 11.9 Å². The van der Waals surface area contributed by atoms with Crippen molar-refractivity contribution in [3.05, 3.63) is 34.1 Å². The number of benzene rings is 1. The van der Waals surface area contributed by atoms with Crippen LogP contribution in [0.3, 0.4) is 0 Å². The van der Waals surface area contributed by atoms with Crippen LogP contribution in [0.25, 0.3) is 0 Å². The minimum Gasteiger partial charge on any atom is -0.389 e. The minimum absolute atomic E-state index is 0.0736. The third-order valence-corrected chi connectivity index (χ3v) is 2.84. The average molecular weight is 244 g/mol. The second-order valence-electron chi connectivity index (χ2n) is 3.45. The lowest BCUT2D eigenvalue weighted by Crippen LogP contribution is -2.18. The number of nitrogens with zero attached hydrogens (tertiary/aromatic N) is 1. The van der Waals surface area contributed by atoms with E-state index in [-0.39, 0.29) is 22.6 Å². The highest BCUT2D eigenvalue weighted by molar-refractivity contribution is 6.32. The van der Waals surface area contributed by atoms with Crippen LogP contribution in [0.15, 0.2) is 12.1 Å². The summed E-state index contributed by atoms with van der Waals surface area (Å²) in [4.78, 5) is 0. The summed E-state index contributed by atoms with van der Waals surface area (Å²) in [5.74, 6) is -0.476. The number of hydrogen-bond donors (Lipinski definition) is 2. The van der Waals surface area contributed by atoms with Crippen LogP contribution >= 0.6 is 11.6 Å². The summed E-state index contributed by atoms with van der Waals surface area (Å²) in [7, 11) is 0. The Morgan fingerprint density at radius 3 is 2.69 bits per heavy atom. The molecule has 2 unspecified atom stereocenters.